The van der Waals surface area contributed by atoms with Crippen LogP contribution in [0.3, 0.4) is 0 Å². The zero-order chi connectivity index (χ0) is 21.5. The Morgan fingerprint density at radius 3 is 2.45 bits per heavy atom. The number of benzene rings is 2. The molecule has 1 fully saturated rings. The van der Waals surface area contributed by atoms with Crippen molar-refractivity contribution < 1.29 is 4.74 Å². The van der Waals surface area contributed by atoms with Gasteiger partial charge in [0.25, 0.3) is 0 Å². The second-order valence-electron chi connectivity index (χ2n) is 7.60. The van der Waals surface area contributed by atoms with E-state index in [2.05, 4.69) is 66.1 Å². The molecular formula is C24H30N6O. The smallest absolute Gasteiger partial charge is 0.194 e. The van der Waals surface area contributed by atoms with Gasteiger partial charge in [0.1, 0.15) is 5.75 Å². The van der Waals surface area contributed by atoms with Gasteiger partial charge in [-0.15, -0.1) is 0 Å². The van der Waals surface area contributed by atoms with Crippen molar-refractivity contribution in [1.82, 2.24) is 19.8 Å². The molecule has 7 heteroatoms. The van der Waals surface area contributed by atoms with E-state index in [9.17, 15) is 0 Å². The Hall–Kier alpha value is -3.48. The number of anilines is 1. The maximum Gasteiger partial charge on any atom is 0.194 e. The molecule has 1 aromatic heterocycles. The van der Waals surface area contributed by atoms with Crippen molar-refractivity contribution >= 4 is 11.6 Å². The average molecular weight is 419 g/mol. The zero-order valence-corrected chi connectivity index (χ0v) is 18.2. The molecule has 3 aromatic rings. The van der Waals surface area contributed by atoms with Crippen LogP contribution in [0.1, 0.15) is 11.1 Å². The maximum atomic E-state index is 5.52. The summed E-state index contributed by atoms with van der Waals surface area (Å²) in [5.74, 6) is 1.87. The van der Waals surface area contributed by atoms with Crippen LogP contribution in [0.25, 0.3) is 0 Å². The third kappa shape index (κ3) is 5.17. The van der Waals surface area contributed by atoms with E-state index >= 15 is 0 Å². The van der Waals surface area contributed by atoms with Crippen LogP contribution >= 0.6 is 0 Å². The van der Waals surface area contributed by atoms with E-state index in [0.717, 1.165) is 56.7 Å². The van der Waals surface area contributed by atoms with Crippen molar-refractivity contribution in [3.8, 4) is 5.75 Å². The number of piperazine rings is 1. The SMILES string of the molecule is CN=C(NCc1ccc(Cn2ccnc2)cc1)N1CCN(c2ccccc2OC)CC1. The number of guanidine groups is 1. The predicted molar refractivity (Wildman–Crippen MR) is 125 cm³/mol. The van der Waals surface area contributed by atoms with Gasteiger partial charge in [-0.1, -0.05) is 36.4 Å². The van der Waals surface area contributed by atoms with Crippen molar-refractivity contribution in [2.45, 2.75) is 13.1 Å². The summed E-state index contributed by atoms with van der Waals surface area (Å²) in [6.07, 6.45) is 5.63. The van der Waals surface area contributed by atoms with E-state index in [1.807, 2.05) is 31.7 Å². The second-order valence-corrected chi connectivity index (χ2v) is 7.60. The van der Waals surface area contributed by atoms with Gasteiger partial charge in [0.2, 0.25) is 0 Å². The number of hydrogen-bond acceptors (Lipinski definition) is 4. The number of aromatic nitrogens is 2. The highest BCUT2D eigenvalue weighted by Gasteiger charge is 2.21. The van der Waals surface area contributed by atoms with Gasteiger partial charge in [-0.25, -0.2) is 4.98 Å². The molecule has 0 saturated carbocycles. The topological polar surface area (TPSA) is 57.9 Å². The van der Waals surface area contributed by atoms with Gasteiger partial charge >= 0.3 is 0 Å². The predicted octanol–water partition coefficient (Wildman–Crippen LogP) is 2.84. The molecule has 0 spiro atoms. The summed E-state index contributed by atoms with van der Waals surface area (Å²) in [6.45, 7) is 5.30. The fraction of sp³-hybridized carbons (Fsp3) is 0.333. The van der Waals surface area contributed by atoms with E-state index in [-0.39, 0.29) is 0 Å². The molecule has 0 atom stereocenters. The molecule has 1 aliphatic rings. The van der Waals surface area contributed by atoms with Crippen LogP contribution in [0.2, 0.25) is 0 Å². The van der Waals surface area contributed by atoms with Gasteiger partial charge in [-0.05, 0) is 23.3 Å². The summed E-state index contributed by atoms with van der Waals surface area (Å²) in [4.78, 5) is 13.3. The van der Waals surface area contributed by atoms with Crippen LogP contribution < -0.4 is 15.0 Å². The Bertz CT molecular complexity index is 976. The van der Waals surface area contributed by atoms with Crippen LogP contribution in [0, 0.1) is 0 Å². The molecule has 7 nitrogen and oxygen atoms in total. The molecule has 0 bridgehead atoms. The number of nitrogens with zero attached hydrogens (tertiary/aromatic N) is 5. The van der Waals surface area contributed by atoms with Crippen molar-refractivity contribution in [2.24, 2.45) is 4.99 Å². The highest BCUT2D eigenvalue weighted by atomic mass is 16.5. The lowest BCUT2D eigenvalue weighted by atomic mass is 10.1. The lowest BCUT2D eigenvalue weighted by Crippen LogP contribution is -2.52. The standard InChI is InChI=1S/C24H30N6O/c1-25-24(27-17-20-7-9-21(10-8-20)18-28-12-11-26-19-28)30-15-13-29(14-16-30)22-5-3-4-6-23(22)31-2/h3-12,19H,13-18H2,1-2H3,(H,25,27). The molecule has 2 aromatic carbocycles. The van der Waals surface area contributed by atoms with Gasteiger partial charge in [-0.3, -0.25) is 4.99 Å². The Morgan fingerprint density at radius 1 is 1.03 bits per heavy atom. The Balaban J connectivity index is 1.29. The van der Waals surface area contributed by atoms with E-state index < -0.39 is 0 Å². The first-order chi connectivity index (χ1) is 15.3. The fourth-order valence-corrected chi connectivity index (χ4v) is 3.92. The Labute approximate surface area is 184 Å². The van der Waals surface area contributed by atoms with E-state index in [1.54, 1.807) is 13.3 Å². The molecule has 1 saturated heterocycles. The highest BCUT2D eigenvalue weighted by molar-refractivity contribution is 5.80. The normalized spacial score (nSPS) is 14.6. The Kier molecular flexibility index (Phi) is 6.72. The molecule has 0 radical (unpaired) electrons. The monoisotopic (exact) mass is 418 g/mol. The third-order valence-electron chi connectivity index (χ3n) is 5.61. The van der Waals surface area contributed by atoms with Crippen molar-refractivity contribution in [1.29, 1.82) is 0 Å². The summed E-state index contributed by atoms with van der Waals surface area (Å²) >= 11 is 0. The first kappa shape index (κ1) is 20.8. The quantitative estimate of drug-likeness (QED) is 0.493. The van der Waals surface area contributed by atoms with Crippen molar-refractivity contribution in [3.63, 3.8) is 0 Å². The summed E-state index contributed by atoms with van der Waals surface area (Å²) in [5.41, 5.74) is 3.66. The lowest BCUT2D eigenvalue weighted by Gasteiger charge is -2.38. The number of para-hydroxylation sites is 2. The van der Waals surface area contributed by atoms with Crippen molar-refractivity contribution in [2.75, 3.05) is 45.2 Å². The maximum absolute atomic E-state index is 5.52. The molecule has 0 unspecified atom stereocenters. The minimum absolute atomic E-state index is 0.755. The van der Waals surface area contributed by atoms with Crippen LogP contribution in [0.15, 0.2) is 72.2 Å². The number of nitrogens with one attached hydrogen (secondary N) is 1. The minimum atomic E-state index is 0.755. The minimum Gasteiger partial charge on any atom is -0.495 e. The number of rotatable bonds is 6. The molecule has 31 heavy (non-hydrogen) atoms. The molecule has 0 amide bonds. The van der Waals surface area contributed by atoms with Crippen molar-refractivity contribution in [3.05, 3.63) is 78.4 Å². The fourth-order valence-electron chi connectivity index (χ4n) is 3.92. The van der Waals surface area contributed by atoms with E-state index in [1.165, 1.54) is 11.1 Å². The number of aliphatic imine (C=N–C) groups is 1. The molecule has 162 valence electrons. The van der Waals surface area contributed by atoms with E-state index in [4.69, 9.17) is 4.74 Å². The van der Waals surface area contributed by atoms with Gasteiger partial charge in [0, 0.05) is 58.7 Å². The number of methoxy groups -OCH3 is 1. The van der Waals surface area contributed by atoms with Gasteiger partial charge < -0.3 is 24.4 Å². The summed E-state index contributed by atoms with van der Waals surface area (Å²) in [5, 5.41) is 3.52. The molecule has 1 aliphatic heterocycles. The molecule has 0 aliphatic carbocycles. The molecule has 1 N–H and O–H groups in total. The summed E-state index contributed by atoms with van der Waals surface area (Å²) < 4.78 is 7.59. The average Bonchev–Trinajstić information content (AvgIpc) is 3.34. The first-order valence-corrected chi connectivity index (χ1v) is 10.6. The second kappa shape index (κ2) is 10.0. The summed E-state index contributed by atoms with van der Waals surface area (Å²) in [7, 11) is 3.58. The molecular weight excluding hydrogens is 388 g/mol. The van der Waals surface area contributed by atoms with Crippen LogP contribution in [0.4, 0.5) is 5.69 Å². The van der Waals surface area contributed by atoms with Gasteiger partial charge in [0.15, 0.2) is 5.96 Å². The third-order valence-corrected chi connectivity index (χ3v) is 5.61. The first-order valence-electron chi connectivity index (χ1n) is 10.6. The molecule has 4 rings (SSSR count). The van der Waals surface area contributed by atoms with Gasteiger partial charge in [0.05, 0.1) is 19.1 Å². The van der Waals surface area contributed by atoms with Crippen LogP contribution in [-0.2, 0) is 13.1 Å². The van der Waals surface area contributed by atoms with Crippen LogP contribution in [-0.4, -0.2) is 60.7 Å². The van der Waals surface area contributed by atoms with E-state index in [0.29, 0.717) is 0 Å². The number of hydrogen-bond donors (Lipinski definition) is 1. The Morgan fingerprint density at radius 2 is 1.77 bits per heavy atom. The zero-order valence-electron chi connectivity index (χ0n) is 18.2. The summed E-state index contributed by atoms with van der Waals surface area (Å²) in [6, 6.07) is 16.9. The molecule has 2 heterocycles. The number of ether oxygens (including phenoxy) is 1. The lowest BCUT2D eigenvalue weighted by molar-refractivity contribution is 0.367. The number of imidazole rings is 1. The highest BCUT2D eigenvalue weighted by Crippen LogP contribution is 2.28. The van der Waals surface area contributed by atoms with Crippen LogP contribution in [0.5, 0.6) is 5.75 Å². The largest absolute Gasteiger partial charge is 0.495 e. The van der Waals surface area contributed by atoms with Gasteiger partial charge in [-0.2, -0.15) is 0 Å².